The third-order valence-electron chi connectivity index (χ3n) is 2.80. The average molecular weight is 222 g/mol. The molecular formula is C13H16ClN. The molecule has 0 bridgehead atoms. The van der Waals surface area contributed by atoms with Crippen LogP contribution in [0.25, 0.3) is 5.57 Å². The zero-order chi connectivity index (χ0) is 10.7. The molecule has 1 aromatic rings. The van der Waals surface area contributed by atoms with Crippen LogP contribution in [-0.4, -0.2) is 10.4 Å². The predicted octanol–water partition coefficient (Wildman–Crippen LogP) is 3.95. The Kier molecular flexibility index (Phi) is 3.42. The van der Waals surface area contributed by atoms with E-state index in [0.29, 0.717) is 0 Å². The summed E-state index contributed by atoms with van der Waals surface area (Å²) in [5.74, 6) is 0. The van der Waals surface area contributed by atoms with Gasteiger partial charge in [-0.1, -0.05) is 12.5 Å². The summed E-state index contributed by atoms with van der Waals surface area (Å²) in [5, 5.41) is 0.197. The number of hydrogen-bond acceptors (Lipinski definition) is 1. The van der Waals surface area contributed by atoms with Crippen LogP contribution < -0.4 is 0 Å². The van der Waals surface area contributed by atoms with Crippen LogP contribution in [0.4, 0.5) is 0 Å². The maximum atomic E-state index is 6.21. The SMILES string of the molecule is Cc1cncc(C2=CC(Cl)CCCC2)c1. The first-order valence-corrected chi connectivity index (χ1v) is 5.96. The van der Waals surface area contributed by atoms with Crippen molar-refractivity contribution in [3.05, 3.63) is 35.7 Å². The van der Waals surface area contributed by atoms with Crippen LogP contribution in [0.15, 0.2) is 24.5 Å². The number of allylic oxidation sites excluding steroid dienone is 2. The second-order valence-electron chi connectivity index (χ2n) is 4.20. The van der Waals surface area contributed by atoms with Gasteiger partial charge in [0.2, 0.25) is 0 Å². The van der Waals surface area contributed by atoms with E-state index in [2.05, 4.69) is 24.1 Å². The van der Waals surface area contributed by atoms with Crippen LogP contribution in [0.5, 0.6) is 0 Å². The summed E-state index contributed by atoms with van der Waals surface area (Å²) in [4.78, 5) is 4.23. The van der Waals surface area contributed by atoms with Crippen molar-refractivity contribution in [1.29, 1.82) is 0 Å². The number of pyridine rings is 1. The Labute approximate surface area is 96.2 Å². The van der Waals surface area contributed by atoms with Crippen molar-refractivity contribution in [1.82, 2.24) is 4.98 Å². The molecule has 0 saturated carbocycles. The van der Waals surface area contributed by atoms with Crippen molar-refractivity contribution in [3.8, 4) is 0 Å². The highest BCUT2D eigenvalue weighted by atomic mass is 35.5. The number of aromatic nitrogens is 1. The van der Waals surface area contributed by atoms with E-state index in [9.17, 15) is 0 Å². The van der Waals surface area contributed by atoms with E-state index in [-0.39, 0.29) is 5.38 Å². The van der Waals surface area contributed by atoms with Crippen LogP contribution >= 0.6 is 11.6 Å². The van der Waals surface area contributed by atoms with Gasteiger partial charge in [-0.15, -0.1) is 11.6 Å². The van der Waals surface area contributed by atoms with Crippen molar-refractivity contribution in [2.75, 3.05) is 0 Å². The lowest BCUT2D eigenvalue weighted by molar-refractivity contribution is 0.724. The minimum Gasteiger partial charge on any atom is -0.264 e. The molecule has 0 spiro atoms. The molecule has 0 fully saturated rings. The maximum absolute atomic E-state index is 6.21. The molecule has 0 amide bonds. The first-order chi connectivity index (χ1) is 7.25. The normalized spacial score (nSPS) is 22.0. The quantitative estimate of drug-likeness (QED) is 0.655. The van der Waals surface area contributed by atoms with E-state index in [0.717, 1.165) is 12.8 Å². The summed E-state index contributed by atoms with van der Waals surface area (Å²) in [5.41, 5.74) is 3.81. The highest BCUT2D eigenvalue weighted by Crippen LogP contribution is 2.27. The molecule has 1 atom stereocenters. The van der Waals surface area contributed by atoms with E-state index in [4.69, 9.17) is 11.6 Å². The number of rotatable bonds is 1. The van der Waals surface area contributed by atoms with Crippen LogP contribution in [0.3, 0.4) is 0 Å². The van der Waals surface area contributed by atoms with Gasteiger partial charge in [0, 0.05) is 12.4 Å². The Bertz CT molecular complexity index is 371. The Hall–Kier alpha value is -0.820. The standard InChI is InChI=1S/C13H16ClN/c1-10-6-12(9-15-8-10)11-4-2-3-5-13(14)7-11/h6-9,13H,2-5H2,1H3. The molecule has 1 aliphatic carbocycles. The van der Waals surface area contributed by atoms with E-state index < -0.39 is 0 Å². The van der Waals surface area contributed by atoms with Crippen molar-refractivity contribution in [2.24, 2.45) is 0 Å². The molecule has 0 radical (unpaired) electrons. The van der Waals surface area contributed by atoms with Crippen molar-refractivity contribution in [3.63, 3.8) is 0 Å². The predicted molar refractivity (Wildman–Crippen MR) is 65.1 cm³/mol. The number of hydrogen-bond donors (Lipinski definition) is 0. The van der Waals surface area contributed by atoms with Crippen LogP contribution in [0.1, 0.15) is 36.8 Å². The van der Waals surface area contributed by atoms with Crippen molar-refractivity contribution in [2.45, 2.75) is 38.0 Å². The summed E-state index contributed by atoms with van der Waals surface area (Å²) in [6.07, 6.45) is 10.7. The van der Waals surface area contributed by atoms with Gasteiger partial charge >= 0.3 is 0 Å². The van der Waals surface area contributed by atoms with Gasteiger partial charge in [0.25, 0.3) is 0 Å². The summed E-state index contributed by atoms with van der Waals surface area (Å²) in [6.45, 7) is 2.08. The zero-order valence-corrected chi connectivity index (χ0v) is 9.80. The number of alkyl halides is 1. The third kappa shape index (κ3) is 2.82. The fourth-order valence-corrected chi connectivity index (χ4v) is 2.32. The Balaban J connectivity index is 2.28. The van der Waals surface area contributed by atoms with E-state index in [1.165, 1.54) is 29.5 Å². The van der Waals surface area contributed by atoms with Crippen LogP contribution in [-0.2, 0) is 0 Å². The molecule has 15 heavy (non-hydrogen) atoms. The molecule has 80 valence electrons. The molecule has 0 N–H and O–H groups in total. The summed E-state index contributed by atoms with van der Waals surface area (Å²) >= 11 is 6.21. The van der Waals surface area contributed by atoms with Gasteiger partial charge in [0.05, 0.1) is 5.38 Å². The largest absolute Gasteiger partial charge is 0.264 e. The summed E-state index contributed by atoms with van der Waals surface area (Å²) in [6, 6.07) is 2.19. The van der Waals surface area contributed by atoms with Gasteiger partial charge in [-0.25, -0.2) is 0 Å². The summed E-state index contributed by atoms with van der Waals surface area (Å²) < 4.78 is 0. The molecule has 1 heterocycles. The molecular weight excluding hydrogens is 206 g/mol. The molecule has 2 heteroatoms. The first kappa shape index (κ1) is 10.7. The van der Waals surface area contributed by atoms with Gasteiger partial charge in [0.15, 0.2) is 0 Å². The smallest absolute Gasteiger partial charge is 0.0521 e. The van der Waals surface area contributed by atoms with Gasteiger partial charge in [-0.2, -0.15) is 0 Å². The average Bonchev–Trinajstić information content (AvgIpc) is 2.43. The lowest BCUT2D eigenvalue weighted by Gasteiger charge is -2.06. The highest BCUT2D eigenvalue weighted by molar-refractivity contribution is 6.22. The van der Waals surface area contributed by atoms with Crippen molar-refractivity contribution >= 4 is 17.2 Å². The fraction of sp³-hybridized carbons (Fsp3) is 0.462. The van der Waals surface area contributed by atoms with Gasteiger partial charge in [-0.05, 0) is 49.0 Å². The molecule has 0 aliphatic heterocycles. The molecule has 0 saturated heterocycles. The molecule has 1 unspecified atom stereocenters. The maximum Gasteiger partial charge on any atom is 0.0521 e. The van der Waals surface area contributed by atoms with Gasteiger partial charge in [-0.3, -0.25) is 4.98 Å². The van der Waals surface area contributed by atoms with E-state index in [1.54, 1.807) is 0 Å². The molecule has 1 aromatic heterocycles. The molecule has 1 nitrogen and oxygen atoms in total. The number of nitrogens with zero attached hydrogens (tertiary/aromatic N) is 1. The van der Waals surface area contributed by atoms with Gasteiger partial charge < -0.3 is 0 Å². The van der Waals surface area contributed by atoms with Gasteiger partial charge in [0.1, 0.15) is 0 Å². The Morgan fingerprint density at radius 1 is 1.33 bits per heavy atom. The summed E-state index contributed by atoms with van der Waals surface area (Å²) in [7, 11) is 0. The second kappa shape index (κ2) is 4.80. The lowest BCUT2D eigenvalue weighted by atomic mass is 10.0. The van der Waals surface area contributed by atoms with Crippen LogP contribution in [0, 0.1) is 6.92 Å². The monoisotopic (exact) mass is 221 g/mol. The van der Waals surface area contributed by atoms with Crippen molar-refractivity contribution < 1.29 is 0 Å². The van der Waals surface area contributed by atoms with Crippen LogP contribution in [0.2, 0.25) is 0 Å². The zero-order valence-electron chi connectivity index (χ0n) is 9.04. The fourth-order valence-electron chi connectivity index (χ4n) is 2.01. The molecule has 2 rings (SSSR count). The second-order valence-corrected chi connectivity index (χ2v) is 4.77. The Morgan fingerprint density at radius 2 is 2.20 bits per heavy atom. The minimum atomic E-state index is 0.197. The topological polar surface area (TPSA) is 12.9 Å². The number of aryl methyl sites for hydroxylation is 1. The third-order valence-corrected chi connectivity index (χ3v) is 3.15. The molecule has 1 aliphatic rings. The Morgan fingerprint density at radius 3 is 3.00 bits per heavy atom. The van der Waals surface area contributed by atoms with E-state index in [1.807, 2.05) is 12.4 Å². The first-order valence-electron chi connectivity index (χ1n) is 5.52. The van der Waals surface area contributed by atoms with E-state index >= 15 is 0 Å². The number of halogens is 1. The molecule has 0 aromatic carbocycles. The lowest BCUT2D eigenvalue weighted by Crippen LogP contribution is -1.92. The minimum absolute atomic E-state index is 0.197. The highest BCUT2D eigenvalue weighted by Gasteiger charge is 2.11.